The summed E-state index contributed by atoms with van der Waals surface area (Å²) in [5.41, 5.74) is 0. The summed E-state index contributed by atoms with van der Waals surface area (Å²) in [6, 6.07) is 0. The van der Waals surface area contributed by atoms with Crippen LogP contribution in [0.1, 0.15) is 213 Å². The summed E-state index contributed by atoms with van der Waals surface area (Å²) in [4.78, 5) is 25.5. The topological polar surface area (TPSA) is 61.8 Å². The van der Waals surface area contributed by atoms with E-state index in [9.17, 15) is 9.59 Å². The summed E-state index contributed by atoms with van der Waals surface area (Å²) in [6.07, 6.45) is 90.9. The first-order chi connectivity index (χ1) is 35.6. The molecule has 0 fully saturated rings. The van der Waals surface area contributed by atoms with Crippen LogP contribution in [0.2, 0.25) is 0 Å². The third kappa shape index (κ3) is 57.8. The van der Waals surface area contributed by atoms with Crippen LogP contribution in [0, 0.1) is 0 Å². The molecule has 0 radical (unpaired) electrons. The van der Waals surface area contributed by atoms with Gasteiger partial charge in [-0.15, -0.1) is 0 Å². The average molecular weight is 990 g/mol. The Morgan fingerprint density at radius 3 is 0.972 bits per heavy atom. The normalized spacial score (nSPS) is 13.5. The molecule has 0 aliphatic heterocycles. The third-order valence-corrected chi connectivity index (χ3v) is 11.2. The monoisotopic (exact) mass is 989 g/mol. The van der Waals surface area contributed by atoms with Crippen LogP contribution in [0.3, 0.4) is 0 Å². The highest BCUT2D eigenvalue weighted by molar-refractivity contribution is 5.70. The predicted octanol–water partition coefficient (Wildman–Crippen LogP) is 20.0. The molecule has 1 atom stereocenters. The van der Waals surface area contributed by atoms with Gasteiger partial charge in [0.15, 0.2) is 6.10 Å². The summed E-state index contributed by atoms with van der Waals surface area (Å²) in [5, 5.41) is 0. The highest BCUT2D eigenvalue weighted by atomic mass is 16.6. The van der Waals surface area contributed by atoms with E-state index in [0.29, 0.717) is 25.9 Å². The van der Waals surface area contributed by atoms with Crippen molar-refractivity contribution in [1.29, 1.82) is 0 Å². The fraction of sp³-hybridized carbons (Fsp3) is 0.552. The zero-order valence-electron chi connectivity index (χ0n) is 46.1. The van der Waals surface area contributed by atoms with Gasteiger partial charge in [-0.1, -0.05) is 229 Å². The van der Waals surface area contributed by atoms with Crippen LogP contribution < -0.4 is 0 Å². The number of hydrogen-bond donors (Lipinski definition) is 0. The minimum Gasteiger partial charge on any atom is -0.462 e. The summed E-state index contributed by atoms with van der Waals surface area (Å²) in [5.74, 6) is -0.509. The molecule has 0 saturated heterocycles. The van der Waals surface area contributed by atoms with E-state index in [1.54, 1.807) is 0 Å². The highest BCUT2D eigenvalue weighted by Gasteiger charge is 2.17. The Morgan fingerprint density at radius 1 is 0.306 bits per heavy atom. The van der Waals surface area contributed by atoms with Crippen LogP contribution in [0.4, 0.5) is 0 Å². The SMILES string of the molecule is CC/C=C\C/C=C\C/C=C\C/C=C\C/C=C\CCCCCCOCC(COC(=O)CCCCCCCC/C=C\C/C=C\C/C=C\C/C=C\CC)OC(=O)CCC/C=C\C/C=C\C/C=C\C/C=C\C/C=C\CC. The average Bonchev–Trinajstić information content (AvgIpc) is 3.38. The quantitative estimate of drug-likeness (QED) is 0.0345. The number of carbonyl (C=O) groups is 2. The van der Waals surface area contributed by atoms with Crippen molar-refractivity contribution in [2.75, 3.05) is 19.8 Å². The van der Waals surface area contributed by atoms with E-state index in [-0.39, 0.29) is 25.2 Å². The van der Waals surface area contributed by atoms with Gasteiger partial charge in [0.25, 0.3) is 0 Å². The van der Waals surface area contributed by atoms with Crippen molar-refractivity contribution in [3.05, 3.63) is 170 Å². The van der Waals surface area contributed by atoms with E-state index in [4.69, 9.17) is 14.2 Å². The zero-order valence-corrected chi connectivity index (χ0v) is 46.1. The van der Waals surface area contributed by atoms with E-state index >= 15 is 0 Å². The molecule has 0 aliphatic carbocycles. The molecule has 402 valence electrons. The molecule has 5 heteroatoms. The lowest BCUT2D eigenvalue weighted by Gasteiger charge is -2.18. The van der Waals surface area contributed by atoms with Crippen molar-refractivity contribution in [2.24, 2.45) is 0 Å². The molecule has 72 heavy (non-hydrogen) atoms. The van der Waals surface area contributed by atoms with Gasteiger partial charge in [0.05, 0.1) is 6.61 Å². The van der Waals surface area contributed by atoms with Gasteiger partial charge < -0.3 is 14.2 Å². The Morgan fingerprint density at radius 2 is 0.597 bits per heavy atom. The standard InChI is InChI=1S/C67H104O5/c1-4-7-10-13-16-19-22-25-28-31-33-35-38-41-44-47-50-53-56-59-62-70-63-65(72-67(69)61-58-55-52-49-46-43-40-36-30-27-24-21-18-15-12-9-6-3)64-71-66(68)60-57-54-51-48-45-42-39-37-34-32-29-26-23-20-17-14-11-8-5-2/h7-12,16-21,25-30,33-35,37,40-41,43-44,49,52,65H,4-6,13-15,22-24,31-32,36,38-39,42,45-48,50-51,53-64H2,1-3H3/b10-7-,11-8-,12-9-,19-16-,20-17-,21-18-,28-25-,29-26-,30-27-,35-33-,37-34-,43-40-,44-41-,52-49-. The molecule has 0 heterocycles. The van der Waals surface area contributed by atoms with Gasteiger partial charge in [-0.05, 0) is 141 Å². The molecule has 0 aromatic heterocycles. The van der Waals surface area contributed by atoms with E-state index in [1.807, 2.05) is 0 Å². The van der Waals surface area contributed by atoms with Crippen LogP contribution in [0.5, 0.6) is 0 Å². The Hall–Kier alpha value is -4.74. The molecule has 0 aliphatic rings. The molecule has 0 spiro atoms. The number of hydrogen-bond acceptors (Lipinski definition) is 5. The number of unbranched alkanes of at least 4 members (excludes halogenated alkanes) is 11. The molecule has 5 nitrogen and oxygen atoms in total. The van der Waals surface area contributed by atoms with Crippen molar-refractivity contribution < 1.29 is 23.8 Å². The molecule has 0 amide bonds. The van der Waals surface area contributed by atoms with Gasteiger partial charge >= 0.3 is 11.9 Å². The second-order valence-corrected chi connectivity index (χ2v) is 18.0. The molecule has 0 rings (SSSR count). The second kappa shape index (κ2) is 60.6. The number of carbonyl (C=O) groups excluding carboxylic acids is 2. The van der Waals surface area contributed by atoms with E-state index in [1.165, 1.54) is 19.3 Å². The van der Waals surface area contributed by atoms with Crippen molar-refractivity contribution in [2.45, 2.75) is 219 Å². The minimum absolute atomic E-state index is 0.0316. The number of allylic oxidation sites excluding steroid dienone is 28. The Balaban J connectivity index is 4.49. The summed E-state index contributed by atoms with van der Waals surface area (Å²) in [6.45, 7) is 7.33. The first kappa shape index (κ1) is 67.3. The number of esters is 2. The third-order valence-electron chi connectivity index (χ3n) is 11.2. The maximum Gasteiger partial charge on any atom is 0.306 e. The maximum absolute atomic E-state index is 12.9. The Bertz CT molecular complexity index is 1640. The Kier molecular flexibility index (Phi) is 56.6. The van der Waals surface area contributed by atoms with Crippen LogP contribution in [0.15, 0.2) is 170 Å². The van der Waals surface area contributed by atoms with Crippen LogP contribution >= 0.6 is 0 Å². The lowest BCUT2D eigenvalue weighted by Crippen LogP contribution is -2.30. The van der Waals surface area contributed by atoms with Gasteiger partial charge in [-0.25, -0.2) is 0 Å². The zero-order chi connectivity index (χ0) is 52.0. The number of ether oxygens (including phenoxy) is 3. The summed E-state index contributed by atoms with van der Waals surface area (Å²) >= 11 is 0. The van der Waals surface area contributed by atoms with Crippen LogP contribution in [-0.2, 0) is 23.8 Å². The molecule has 0 aromatic rings. The van der Waals surface area contributed by atoms with Crippen molar-refractivity contribution in [3.8, 4) is 0 Å². The Labute approximate surface area is 443 Å². The maximum atomic E-state index is 12.9. The van der Waals surface area contributed by atoms with Gasteiger partial charge in [-0.3, -0.25) is 9.59 Å². The van der Waals surface area contributed by atoms with Gasteiger partial charge in [-0.2, -0.15) is 0 Å². The van der Waals surface area contributed by atoms with Crippen LogP contribution in [0.25, 0.3) is 0 Å². The highest BCUT2D eigenvalue weighted by Crippen LogP contribution is 2.12. The molecule has 0 N–H and O–H groups in total. The molecule has 1 unspecified atom stereocenters. The number of rotatable bonds is 50. The van der Waals surface area contributed by atoms with E-state index in [0.717, 1.165) is 154 Å². The minimum atomic E-state index is -0.601. The lowest BCUT2D eigenvalue weighted by molar-refractivity contribution is -0.162. The van der Waals surface area contributed by atoms with Crippen molar-refractivity contribution in [3.63, 3.8) is 0 Å². The first-order valence-electron chi connectivity index (χ1n) is 28.7. The first-order valence-corrected chi connectivity index (χ1v) is 28.7. The lowest BCUT2D eigenvalue weighted by atomic mass is 10.1. The van der Waals surface area contributed by atoms with Gasteiger partial charge in [0.1, 0.15) is 6.61 Å². The molecular weight excluding hydrogens is 885 g/mol. The van der Waals surface area contributed by atoms with Gasteiger partial charge in [0.2, 0.25) is 0 Å². The van der Waals surface area contributed by atoms with E-state index in [2.05, 4.69) is 191 Å². The predicted molar refractivity (Wildman–Crippen MR) is 315 cm³/mol. The largest absolute Gasteiger partial charge is 0.462 e. The van der Waals surface area contributed by atoms with Crippen molar-refractivity contribution in [1.82, 2.24) is 0 Å². The second-order valence-electron chi connectivity index (χ2n) is 18.0. The fourth-order valence-electron chi connectivity index (χ4n) is 7.09. The van der Waals surface area contributed by atoms with Crippen LogP contribution in [-0.4, -0.2) is 37.9 Å². The smallest absolute Gasteiger partial charge is 0.306 e. The summed E-state index contributed by atoms with van der Waals surface area (Å²) < 4.78 is 17.4. The molecule has 0 aromatic carbocycles. The fourth-order valence-corrected chi connectivity index (χ4v) is 7.09. The van der Waals surface area contributed by atoms with Crippen molar-refractivity contribution >= 4 is 11.9 Å². The molecule has 0 saturated carbocycles. The van der Waals surface area contributed by atoms with E-state index < -0.39 is 6.10 Å². The molecular formula is C67H104O5. The van der Waals surface area contributed by atoms with Gasteiger partial charge in [0, 0.05) is 19.4 Å². The summed E-state index contributed by atoms with van der Waals surface area (Å²) in [7, 11) is 0. The molecule has 0 bridgehead atoms.